The molecule has 0 radical (unpaired) electrons. The lowest BCUT2D eigenvalue weighted by molar-refractivity contribution is -0.129. The predicted molar refractivity (Wildman–Crippen MR) is 83.9 cm³/mol. The monoisotopic (exact) mass is 327 g/mol. The number of aromatic nitrogens is 2. The molecule has 22 heavy (non-hydrogen) atoms. The number of rotatable bonds is 2. The number of aromatic amines is 1. The molecule has 0 aliphatic carbocycles. The highest BCUT2D eigenvalue weighted by molar-refractivity contribution is 5.98. The van der Waals surface area contributed by atoms with Gasteiger partial charge in [0.2, 0.25) is 5.91 Å². The molecule has 2 aliphatic heterocycles. The van der Waals surface area contributed by atoms with Crippen LogP contribution in [0.15, 0.2) is 0 Å². The second-order valence-corrected chi connectivity index (χ2v) is 5.93. The van der Waals surface area contributed by atoms with E-state index in [4.69, 9.17) is 0 Å². The van der Waals surface area contributed by atoms with Gasteiger partial charge in [-0.2, -0.15) is 5.10 Å². The minimum atomic E-state index is -0.421. The third-order valence-electron chi connectivity index (χ3n) is 4.16. The van der Waals surface area contributed by atoms with Crippen molar-refractivity contribution < 1.29 is 9.59 Å². The summed E-state index contributed by atoms with van der Waals surface area (Å²) in [5, 5.41) is 13.3. The van der Waals surface area contributed by atoms with Gasteiger partial charge in [0.25, 0.3) is 5.91 Å². The predicted octanol–water partition coefficient (Wildman–Crippen LogP) is 0.0738. The van der Waals surface area contributed by atoms with Crippen molar-refractivity contribution in [3.8, 4) is 0 Å². The van der Waals surface area contributed by atoms with E-state index >= 15 is 0 Å². The summed E-state index contributed by atoms with van der Waals surface area (Å²) in [5.41, 5.74) is 2.43. The molecule has 1 saturated heterocycles. The number of hydrogen-bond donors (Lipinski definition) is 3. The fourth-order valence-corrected chi connectivity index (χ4v) is 3.11. The van der Waals surface area contributed by atoms with Gasteiger partial charge in [-0.15, -0.1) is 12.4 Å². The van der Waals surface area contributed by atoms with Crippen molar-refractivity contribution in [2.75, 3.05) is 19.6 Å². The molecule has 1 fully saturated rings. The summed E-state index contributed by atoms with van der Waals surface area (Å²) in [7, 11) is 0. The van der Waals surface area contributed by atoms with E-state index in [9.17, 15) is 9.59 Å². The van der Waals surface area contributed by atoms with Crippen molar-refractivity contribution in [2.45, 2.75) is 32.9 Å². The van der Waals surface area contributed by atoms with Gasteiger partial charge in [-0.1, -0.05) is 13.8 Å². The van der Waals surface area contributed by atoms with E-state index in [2.05, 4.69) is 20.8 Å². The normalized spacial score (nSPS) is 21.1. The number of H-pyrrole nitrogens is 1. The van der Waals surface area contributed by atoms with Crippen LogP contribution in [-0.4, -0.2) is 52.6 Å². The first kappa shape index (κ1) is 16.8. The van der Waals surface area contributed by atoms with Gasteiger partial charge < -0.3 is 15.5 Å². The third-order valence-corrected chi connectivity index (χ3v) is 4.16. The lowest BCUT2D eigenvalue weighted by Gasteiger charge is -2.37. The molecule has 7 nitrogen and oxygen atoms in total. The van der Waals surface area contributed by atoms with Crippen LogP contribution in [0.1, 0.15) is 35.6 Å². The standard InChI is InChI=1S/C14H21N5O2.ClH/c1-8(2)12-13(20)16-5-6-19(12)14(21)11-9-7-15-4-3-10(9)17-18-11;/h8,12,15H,3-7H2,1-2H3,(H,16,20)(H,17,18);1H. The smallest absolute Gasteiger partial charge is 0.275 e. The van der Waals surface area contributed by atoms with Gasteiger partial charge >= 0.3 is 0 Å². The van der Waals surface area contributed by atoms with Crippen LogP contribution in [0.4, 0.5) is 0 Å². The van der Waals surface area contributed by atoms with E-state index in [1.807, 2.05) is 13.8 Å². The highest BCUT2D eigenvalue weighted by atomic mass is 35.5. The molecular formula is C14H22ClN5O2. The Morgan fingerprint density at radius 2 is 2.14 bits per heavy atom. The number of piperazine rings is 1. The van der Waals surface area contributed by atoms with Crippen molar-refractivity contribution in [3.05, 3.63) is 17.0 Å². The molecule has 0 aromatic carbocycles. The Balaban J connectivity index is 0.00000176. The zero-order valence-electron chi connectivity index (χ0n) is 12.8. The summed E-state index contributed by atoms with van der Waals surface area (Å²) in [4.78, 5) is 26.6. The first-order valence-corrected chi connectivity index (χ1v) is 7.45. The van der Waals surface area contributed by atoms with Gasteiger partial charge in [0.15, 0.2) is 5.69 Å². The van der Waals surface area contributed by atoms with E-state index in [0.717, 1.165) is 24.2 Å². The molecule has 1 aromatic heterocycles. The van der Waals surface area contributed by atoms with Crippen molar-refractivity contribution >= 4 is 24.2 Å². The molecule has 0 bridgehead atoms. The Morgan fingerprint density at radius 3 is 2.86 bits per heavy atom. The first-order chi connectivity index (χ1) is 10.1. The minimum Gasteiger partial charge on any atom is -0.353 e. The molecule has 1 aromatic rings. The SMILES string of the molecule is CC(C)C1C(=O)NCCN1C(=O)c1n[nH]c2c1CNCC2.Cl. The number of hydrogen-bond acceptors (Lipinski definition) is 4. The summed E-state index contributed by atoms with van der Waals surface area (Å²) < 4.78 is 0. The molecule has 3 rings (SSSR count). The minimum absolute atomic E-state index is 0. The van der Waals surface area contributed by atoms with Gasteiger partial charge in [-0.05, 0) is 5.92 Å². The third kappa shape index (κ3) is 2.83. The zero-order chi connectivity index (χ0) is 15.0. The summed E-state index contributed by atoms with van der Waals surface area (Å²) >= 11 is 0. The maximum Gasteiger partial charge on any atom is 0.275 e. The molecule has 1 atom stereocenters. The van der Waals surface area contributed by atoms with Gasteiger partial charge in [-0.25, -0.2) is 0 Å². The molecule has 0 saturated carbocycles. The van der Waals surface area contributed by atoms with Gasteiger partial charge in [-0.3, -0.25) is 14.7 Å². The van der Waals surface area contributed by atoms with E-state index in [-0.39, 0.29) is 30.1 Å². The van der Waals surface area contributed by atoms with E-state index in [1.54, 1.807) is 4.90 Å². The van der Waals surface area contributed by atoms with Crippen LogP contribution in [0, 0.1) is 5.92 Å². The van der Waals surface area contributed by atoms with Crippen molar-refractivity contribution in [1.82, 2.24) is 25.7 Å². The Morgan fingerprint density at radius 1 is 1.36 bits per heavy atom. The fourth-order valence-electron chi connectivity index (χ4n) is 3.11. The van der Waals surface area contributed by atoms with E-state index in [1.165, 1.54) is 0 Å². The van der Waals surface area contributed by atoms with Crippen LogP contribution < -0.4 is 10.6 Å². The molecule has 8 heteroatoms. The Labute approximate surface area is 135 Å². The average Bonchev–Trinajstić information content (AvgIpc) is 2.89. The number of amides is 2. The lowest BCUT2D eigenvalue weighted by atomic mass is 9.98. The maximum absolute atomic E-state index is 12.8. The van der Waals surface area contributed by atoms with Crippen molar-refractivity contribution in [3.63, 3.8) is 0 Å². The van der Waals surface area contributed by atoms with Crippen LogP contribution in [-0.2, 0) is 17.8 Å². The number of fused-ring (bicyclic) bond motifs is 1. The van der Waals surface area contributed by atoms with E-state index < -0.39 is 6.04 Å². The molecule has 122 valence electrons. The molecule has 3 N–H and O–H groups in total. The van der Waals surface area contributed by atoms with Crippen LogP contribution >= 0.6 is 12.4 Å². The quantitative estimate of drug-likeness (QED) is 0.717. The topological polar surface area (TPSA) is 90.1 Å². The van der Waals surface area contributed by atoms with Gasteiger partial charge in [0.1, 0.15) is 6.04 Å². The maximum atomic E-state index is 12.8. The highest BCUT2D eigenvalue weighted by Crippen LogP contribution is 2.21. The largest absolute Gasteiger partial charge is 0.353 e. The van der Waals surface area contributed by atoms with Crippen LogP contribution in [0.25, 0.3) is 0 Å². The van der Waals surface area contributed by atoms with E-state index in [0.29, 0.717) is 25.3 Å². The number of nitrogens with zero attached hydrogens (tertiary/aromatic N) is 2. The number of carbonyl (C=O) groups is 2. The average molecular weight is 328 g/mol. The Hall–Kier alpha value is -1.60. The zero-order valence-corrected chi connectivity index (χ0v) is 13.6. The lowest BCUT2D eigenvalue weighted by Crippen LogP contribution is -2.59. The van der Waals surface area contributed by atoms with Gasteiger partial charge in [0, 0.05) is 43.9 Å². The number of nitrogens with one attached hydrogen (secondary N) is 3. The van der Waals surface area contributed by atoms with Crippen molar-refractivity contribution in [1.29, 1.82) is 0 Å². The summed E-state index contributed by atoms with van der Waals surface area (Å²) in [5.74, 6) is -0.154. The summed E-state index contributed by atoms with van der Waals surface area (Å²) in [6, 6.07) is -0.421. The molecule has 2 amide bonds. The fraction of sp³-hybridized carbons (Fsp3) is 0.643. The van der Waals surface area contributed by atoms with Crippen LogP contribution in [0.5, 0.6) is 0 Å². The van der Waals surface area contributed by atoms with Crippen LogP contribution in [0.3, 0.4) is 0 Å². The second kappa shape index (κ2) is 6.66. The second-order valence-electron chi connectivity index (χ2n) is 5.93. The first-order valence-electron chi connectivity index (χ1n) is 7.45. The molecule has 2 aliphatic rings. The van der Waals surface area contributed by atoms with Gasteiger partial charge in [0.05, 0.1) is 0 Å². The van der Waals surface area contributed by atoms with Crippen molar-refractivity contribution in [2.24, 2.45) is 5.92 Å². The Kier molecular flexibility index (Phi) is 5.08. The molecule has 1 unspecified atom stereocenters. The number of halogens is 1. The molecule has 3 heterocycles. The summed E-state index contributed by atoms with van der Waals surface area (Å²) in [6.07, 6.45) is 0.851. The number of carbonyl (C=O) groups excluding carboxylic acids is 2. The molecule has 0 spiro atoms. The molecular weight excluding hydrogens is 306 g/mol. The summed E-state index contributed by atoms with van der Waals surface area (Å²) in [6.45, 7) is 6.48. The highest BCUT2D eigenvalue weighted by Gasteiger charge is 2.37. The van der Waals surface area contributed by atoms with Crippen LogP contribution in [0.2, 0.25) is 0 Å². The Bertz CT molecular complexity index is 572.